The number of benzene rings is 2. The Labute approximate surface area is 257 Å². The number of carbonyl (C=O) groups excluding carboxylic acids is 5. The van der Waals surface area contributed by atoms with Crippen molar-refractivity contribution in [2.45, 2.75) is 63.1 Å². The zero-order chi connectivity index (χ0) is 32.1. The summed E-state index contributed by atoms with van der Waals surface area (Å²) in [5, 5.41) is 16.9. The molecule has 3 atom stereocenters. The molecule has 45 heavy (non-hydrogen) atoms. The molecule has 1 aromatic heterocycles. The lowest BCUT2D eigenvalue weighted by Crippen LogP contribution is -2.64. The minimum absolute atomic E-state index is 0.0263. The highest BCUT2D eigenvalue weighted by atomic mass is 16.5. The van der Waals surface area contributed by atoms with Gasteiger partial charge in [0.25, 0.3) is 11.8 Å². The smallest absolute Gasteiger partial charge is 0.305 e. The fourth-order valence-corrected chi connectivity index (χ4v) is 5.57. The number of amides is 4. The molecule has 0 spiro atoms. The maximum absolute atomic E-state index is 13.8. The predicted molar refractivity (Wildman–Crippen MR) is 157 cm³/mol. The number of methoxy groups -OCH3 is 1. The van der Waals surface area contributed by atoms with Crippen molar-refractivity contribution in [1.82, 2.24) is 25.6 Å². The van der Waals surface area contributed by atoms with Crippen molar-refractivity contribution in [2.24, 2.45) is 0 Å². The third kappa shape index (κ3) is 6.95. The molecule has 3 heterocycles. The molecule has 0 bridgehead atoms. The van der Waals surface area contributed by atoms with Gasteiger partial charge < -0.3 is 24.9 Å². The Kier molecular flexibility index (Phi) is 9.40. The second kappa shape index (κ2) is 13.6. The number of carbonyl (C=O) groups is 6. The summed E-state index contributed by atoms with van der Waals surface area (Å²) in [5.41, 5.74) is 1.43. The Morgan fingerprint density at radius 3 is 2.60 bits per heavy atom. The van der Waals surface area contributed by atoms with Crippen molar-refractivity contribution in [2.75, 3.05) is 13.7 Å². The number of oxazole rings is 1. The highest BCUT2D eigenvalue weighted by Crippen LogP contribution is 2.27. The van der Waals surface area contributed by atoms with Gasteiger partial charge >= 0.3 is 5.97 Å². The number of aliphatic carboxylic acids is 1. The maximum Gasteiger partial charge on any atom is 0.305 e. The van der Waals surface area contributed by atoms with Gasteiger partial charge in [-0.2, -0.15) is 0 Å². The molecule has 3 unspecified atom stereocenters. The maximum atomic E-state index is 13.8. The van der Waals surface area contributed by atoms with E-state index in [9.17, 15) is 33.9 Å². The minimum atomic E-state index is -1.59. The number of ether oxygens (including phenoxy) is 1. The average Bonchev–Trinajstić information content (AvgIpc) is 3.44. The second-order valence-corrected chi connectivity index (χ2v) is 10.9. The van der Waals surface area contributed by atoms with Crippen molar-refractivity contribution in [3.8, 4) is 5.75 Å². The van der Waals surface area contributed by atoms with Crippen LogP contribution >= 0.6 is 0 Å². The van der Waals surface area contributed by atoms with Gasteiger partial charge in [0.15, 0.2) is 11.1 Å². The van der Waals surface area contributed by atoms with Gasteiger partial charge in [-0.3, -0.25) is 33.8 Å². The summed E-state index contributed by atoms with van der Waals surface area (Å²) in [6.07, 6.45) is 0.340. The van der Waals surface area contributed by atoms with Crippen molar-refractivity contribution in [3.05, 3.63) is 60.0 Å². The molecular formula is C31H33N5O9. The average molecular weight is 620 g/mol. The van der Waals surface area contributed by atoms with E-state index in [1.54, 1.807) is 18.2 Å². The predicted octanol–water partition coefficient (Wildman–Crippen LogP) is 1.62. The molecule has 14 heteroatoms. The van der Waals surface area contributed by atoms with Crippen LogP contribution in [0.4, 0.5) is 0 Å². The normalized spacial score (nSPS) is 19.0. The summed E-state index contributed by atoms with van der Waals surface area (Å²) in [5.74, 6) is -4.58. The van der Waals surface area contributed by atoms with E-state index in [-0.39, 0.29) is 55.1 Å². The summed E-state index contributed by atoms with van der Waals surface area (Å²) >= 11 is 0. The van der Waals surface area contributed by atoms with E-state index in [1.807, 2.05) is 30.3 Å². The van der Waals surface area contributed by atoms with Crippen LogP contribution in [0.1, 0.15) is 54.8 Å². The number of carboxylic acid groups (broad SMARTS) is 1. The van der Waals surface area contributed by atoms with Crippen LogP contribution in [0.15, 0.2) is 52.9 Å². The van der Waals surface area contributed by atoms with Crippen LogP contribution < -0.4 is 15.4 Å². The lowest BCUT2D eigenvalue weighted by Gasteiger charge is -2.43. The molecule has 2 aromatic carbocycles. The summed E-state index contributed by atoms with van der Waals surface area (Å²) in [4.78, 5) is 82.5. The molecule has 2 aliphatic heterocycles. The largest absolute Gasteiger partial charge is 0.494 e. The highest BCUT2D eigenvalue weighted by molar-refractivity contribution is 6.03. The number of aryl methyl sites for hydroxylation is 1. The molecule has 3 N–H and O–H groups in total. The Hall–Kier alpha value is -5.27. The number of Topliss-reactive ketones (excluding diaryl/α,β-unsaturated/α-hetero) is 1. The van der Waals surface area contributed by atoms with Crippen molar-refractivity contribution in [1.29, 1.82) is 0 Å². The SMILES string of the molecule is COc1cccc2oc(C(=O)C(CC(=O)O)NC(=O)C3CCCN4C(=O)CCC(NC(=O)CCc5ccccc5)C(=O)N34)nc12. The number of para-hydroxylation sites is 1. The number of rotatable bonds is 11. The summed E-state index contributed by atoms with van der Waals surface area (Å²) in [6, 6.07) is 10.3. The summed E-state index contributed by atoms with van der Waals surface area (Å²) < 4.78 is 10.8. The fourth-order valence-electron chi connectivity index (χ4n) is 5.57. The highest BCUT2D eigenvalue weighted by Gasteiger charge is 2.45. The number of nitrogens with one attached hydrogen (secondary N) is 2. The quantitative estimate of drug-likeness (QED) is 0.266. The van der Waals surface area contributed by atoms with Crippen molar-refractivity contribution < 1.29 is 43.0 Å². The Morgan fingerprint density at radius 2 is 1.87 bits per heavy atom. The van der Waals surface area contributed by atoms with Crippen molar-refractivity contribution in [3.63, 3.8) is 0 Å². The topological polar surface area (TPSA) is 188 Å². The molecule has 236 valence electrons. The number of hydrogen-bond acceptors (Lipinski definition) is 9. The van der Waals surface area contributed by atoms with Crippen molar-refractivity contribution >= 4 is 46.5 Å². The lowest BCUT2D eigenvalue weighted by atomic mass is 10.0. The molecule has 2 saturated heterocycles. The standard InChI is InChI=1S/C31H33N5O9/c1-44-22-10-5-11-23-27(22)34-30(45-23)28(41)20(17-26(39)40)33-29(42)21-9-6-16-35-25(38)15-13-19(31(43)36(21)35)32-24(37)14-12-18-7-3-2-4-8-18/h2-5,7-8,10-11,19-21H,6,9,12-17H2,1H3,(H,32,37)(H,33,42)(H,39,40). The van der Waals surface area contributed by atoms with Crippen LogP contribution in [0.5, 0.6) is 5.75 Å². The monoisotopic (exact) mass is 619 g/mol. The molecule has 5 rings (SSSR count). The molecule has 2 aliphatic rings. The number of hydrazine groups is 1. The van der Waals surface area contributed by atoms with Gasteiger partial charge in [0.05, 0.1) is 13.5 Å². The lowest BCUT2D eigenvalue weighted by molar-refractivity contribution is -0.176. The molecular weight excluding hydrogens is 586 g/mol. The molecule has 0 aliphatic carbocycles. The first-order valence-corrected chi connectivity index (χ1v) is 14.6. The van der Waals surface area contributed by atoms with Gasteiger partial charge in [0.2, 0.25) is 23.5 Å². The van der Waals surface area contributed by atoms with Gasteiger partial charge in [0.1, 0.15) is 23.9 Å². The Bertz CT molecular complexity index is 1620. The van der Waals surface area contributed by atoms with Gasteiger partial charge in [-0.15, -0.1) is 0 Å². The number of carboxylic acids is 1. The van der Waals surface area contributed by atoms with Crippen LogP contribution in [0.25, 0.3) is 11.1 Å². The fraction of sp³-hybridized carbons (Fsp3) is 0.387. The van der Waals surface area contributed by atoms with Crippen LogP contribution in [0, 0.1) is 0 Å². The van der Waals surface area contributed by atoms with Gasteiger partial charge in [-0.1, -0.05) is 36.4 Å². The second-order valence-electron chi connectivity index (χ2n) is 10.9. The van der Waals surface area contributed by atoms with E-state index in [1.165, 1.54) is 12.1 Å². The zero-order valence-electron chi connectivity index (χ0n) is 24.6. The van der Waals surface area contributed by atoms with Crippen LogP contribution in [-0.4, -0.2) is 87.3 Å². The van der Waals surface area contributed by atoms with E-state index < -0.39 is 54.0 Å². The Morgan fingerprint density at radius 1 is 1.09 bits per heavy atom. The zero-order valence-corrected chi connectivity index (χ0v) is 24.6. The Balaban J connectivity index is 1.33. The van der Waals surface area contributed by atoms with E-state index in [4.69, 9.17) is 9.15 Å². The minimum Gasteiger partial charge on any atom is -0.494 e. The number of hydrogen-bond donors (Lipinski definition) is 3. The summed E-state index contributed by atoms with van der Waals surface area (Å²) in [7, 11) is 1.42. The van der Waals surface area contributed by atoms with Gasteiger partial charge in [-0.05, 0) is 43.4 Å². The molecule has 3 aromatic rings. The summed E-state index contributed by atoms with van der Waals surface area (Å²) in [6.45, 7) is 0.186. The number of nitrogens with zero attached hydrogens (tertiary/aromatic N) is 3. The first-order valence-electron chi connectivity index (χ1n) is 14.6. The molecule has 14 nitrogen and oxygen atoms in total. The first kappa shape index (κ1) is 31.2. The third-order valence-corrected chi connectivity index (χ3v) is 7.81. The van der Waals surface area contributed by atoms with E-state index in [2.05, 4.69) is 15.6 Å². The van der Waals surface area contributed by atoms with E-state index in [0.29, 0.717) is 18.6 Å². The van der Waals surface area contributed by atoms with Gasteiger partial charge in [0, 0.05) is 19.4 Å². The van der Waals surface area contributed by atoms with E-state index in [0.717, 1.165) is 10.6 Å². The third-order valence-electron chi connectivity index (χ3n) is 7.81. The number of aromatic nitrogens is 1. The number of ketones is 1. The van der Waals surface area contributed by atoms with E-state index >= 15 is 0 Å². The first-order chi connectivity index (χ1) is 21.7. The molecule has 0 radical (unpaired) electrons. The molecule has 0 saturated carbocycles. The number of fused-ring (bicyclic) bond motifs is 2. The molecule has 2 fully saturated rings. The van der Waals surface area contributed by atoms with Crippen LogP contribution in [0.2, 0.25) is 0 Å². The molecule has 4 amide bonds. The van der Waals surface area contributed by atoms with Crippen LogP contribution in [-0.2, 0) is 30.4 Å². The van der Waals surface area contributed by atoms with Crippen LogP contribution in [0.3, 0.4) is 0 Å². The van der Waals surface area contributed by atoms with Gasteiger partial charge in [-0.25, -0.2) is 9.99 Å².